The van der Waals surface area contributed by atoms with Crippen LogP contribution < -0.4 is 4.74 Å². The lowest BCUT2D eigenvalue weighted by Gasteiger charge is -2.47. The number of fused-ring (bicyclic) bond motifs is 2. The molecule has 1 N–H and O–H groups in total. The zero-order chi connectivity index (χ0) is 28.0. The Labute approximate surface area is 266 Å². The predicted molar refractivity (Wildman–Crippen MR) is 174 cm³/mol. The first kappa shape index (κ1) is 32.7. The van der Waals surface area contributed by atoms with Crippen molar-refractivity contribution < 1.29 is 19.4 Å². The summed E-state index contributed by atoms with van der Waals surface area (Å²) in [5, 5.41) is 11.2. The van der Waals surface area contributed by atoms with Crippen molar-refractivity contribution in [3.8, 4) is 5.75 Å². The summed E-state index contributed by atoms with van der Waals surface area (Å²) in [7, 11) is 0. The molecule has 6 nitrogen and oxygen atoms in total. The van der Waals surface area contributed by atoms with E-state index in [1.807, 2.05) is 54.6 Å². The fraction of sp³-hybridized carbons (Fsp3) is 0.371. The zero-order valence-electron chi connectivity index (χ0n) is 24.2. The molecular formula is C35H40Cl2N2O4. The number of halogens is 2. The van der Waals surface area contributed by atoms with Crippen molar-refractivity contribution in [1.29, 1.82) is 0 Å². The normalized spacial score (nSPS) is 19.6. The average molecular weight is 624 g/mol. The highest BCUT2D eigenvalue weighted by molar-refractivity contribution is 5.85. The summed E-state index contributed by atoms with van der Waals surface area (Å²) in [4.78, 5) is 19.5. The number of hydrogen-bond acceptors (Lipinski definition) is 5. The highest BCUT2D eigenvalue weighted by Gasteiger charge is 2.42. The van der Waals surface area contributed by atoms with Crippen LogP contribution in [-0.4, -0.2) is 45.9 Å². The Morgan fingerprint density at radius 1 is 0.930 bits per heavy atom. The van der Waals surface area contributed by atoms with E-state index in [-0.39, 0.29) is 55.5 Å². The van der Waals surface area contributed by atoms with Crippen molar-refractivity contribution in [2.75, 3.05) is 6.54 Å². The summed E-state index contributed by atoms with van der Waals surface area (Å²) in [5.74, 6) is 0.00696. The van der Waals surface area contributed by atoms with Crippen LogP contribution in [0.1, 0.15) is 48.9 Å². The standard InChI is InChI=1S/C35H38N2O4.2ClH/c38-34(39)23-28(22-25-10-2-1-3-11-25)35(32-20-18-27-13-5-7-15-31(27)41-32)37-21-9-8-16-33(37)40-24-29-19-17-26-12-4-6-14-30(26)36-29;;/h1-7,10-15,17,19,28,32-33,35H,8-9,16,18,20-24H2,(H,38,39);2*1H. The minimum absolute atomic E-state index is 0. The largest absolute Gasteiger partial charge is 0.488 e. The molecule has 1 saturated heterocycles. The molecule has 4 atom stereocenters. The fourth-order valence-electron chi connectivity index (χ4n) is 6.64. The minimum atomic E-state index is -0.776. The number of hydrogen-bond donors (Lipinski definition) is 1. The Morgan fingerprint density at radius 2 is 1.70 bits per heavy atom. The Balaban J connectivity index is 0.00000212. The van der Waals surface area contributed by atoms with Crippen LogP contribution in [0.4, 0.5) is 0 Å². The number of piperidine rings is 1. The summed E-state index contributed by atoms with van der Waals surface area (Å²) < 4.78 is 13.3. The molecule has 4 aromatic rings. The van der Waals surface area contributed by atoms with Gasteiger partial charge in [0.05, 0.1) is 30.3 Å². The molecule has 0 amide bonds. The fourth-order valence-corrected chi connectivity index (χ4v) is 6.64. The quantitative estimate of drug-likeness (QED) is 0.197. The van der Waals surface area contributed by atoms with E-state index in [4.69, 9.17) is 14.5 Å². The highest BCUT2D eigenvalue weighted by Crippen LogP contribution is 2.36. The molecule has 0 aliphatic carbocycles. The number of carboxylic acids is 1. The monoisotopic (exact) mass is 622 g/mol. The number of carboxylic acid groups (broad SMARTS) is 1. The van der Waals surface area contributed by atoms with Crippen LogP contribution in [0.15, 0.2) is 91.0 Å². The molecule has 6 rings (SSSR count). The van der Waals surface area contributed by atoms with Crippen LogP contribution in [-0.2, 0) is 29.0 Å². The Morgan fingerprint density at radius 3 is 2.53 bits per heavy atom. The first-order valence-corrected chi connectivity index (χ1v) is 14.9. The van der Waals surface area contributed by atoms with Gasteiger partial charge in [-0.05, 0) is 73.8 Å². The Bertz CT molecular complexity index is 1470. The van der Waals surface area contributed by atoms with Gasteiger partial charge in [0.25, 0.3) is 0 Å². The van der Waals surface area contributed by atoms with Crippen LogP contribution in [0.2, 0.25) is 0 Å². The van der Waals surface area contributed by atoms with Gasteiger partial charge in [0.15, 0.2) is 0 Å². The molecule has 0 saturated carbocycles. The van der Waals surface area contributed by atoms with Crippen molar-refractivity contribution in [2.45, 2.75) is 69.9 Å². The van der Waals surface area contributed by atoms with Gasteiger partial charge >= 0.3 is 5.97 Å². The number of para-hydroxylation sites is 2. The molecule has 2 aliphatic heterocycles. The van der Waals surface area contributed by atoms with Crippen LogP contribution >= 0.6 is 24.8 Å². The van der Waals surface area contributed by atoms with E-state index in [0.717, 1.165) is 66.6 Å². The molecule has 3 aromatic carbocycles. The van der Waals surface area contributed by atoms with Crippen molar-refractivity contribution in [3.05, 3.63) is 108 Å². The van der Waals surface area contributed by atoms with E-state index in [9.17, 15) is 9.90 Å². The maximum absolute atomic E-state index is 12.3. The molecule has 43 heavy (non-hydrogen) atoms. The van der Waals surface area contributed by atoms with Crippen molar-refractivity contribution in [1.82, 2.24) is 9.88 Å². The van der Waals surface area contributed by atoms with Crippen LogP contribution in [0.25, 0.3) is 10.9 Å². The molecule has 0 bridgehead atoms. The van der Waals surface area contributed by atoms with Crippen molar-refractivity contribution in [2.24, 2.45) is 5.92 Å². The van der Waals surface area contributed by atoms with E-state index < -0.39 is 5.97 Å². The summed E-state index contributed by atoms with van der Waals surface area (Å²) in [5.41, 5.74) is 4.23. The van der Waals surface area contributed by atoms with E-state index in [0.29, 0.717) is 13.0 Å². The molecule has 228 valence electrons. The Kier molecular flexibility index (Phi) is 11.8. The van der Waals surface area contributed by atoms with E-state index in [1.54, 1.807) is 0 Å². The summed E-state index contributed by atoms with van der Waals surface area (Å²) >= 11 is 0. The second-order valence-corrected chi connectivity index (χ2v) is 11.3. The topological polar surface area (TPSA) is 71.9 Å². The lowest BCUT2D eigenvalue weighted by Crippen LogP contribution is -2.58. The summed E-state index contributed by atoms with van der Waals surface area (Å²) in [6, 6.07) is 30.6. The molecule has 1 aromatic heterocycles. The van der Waals surface area contributed by atoms with Crippen LogP contribution in [0.3, 0.4) is 0 Å². The van der Waals surface area contributed by atoms with Gasteiger partial charge in [-0.2, -0.15) is 0 Å². The molecule has 3 heterocycles. The average Bonchev–Trinajstić information content (AvgIpc) is 3.01. The second kappa shape index (κ2) is 15.5. The third-order valence-electron chi connectivity index (χ3n) is 8.54. The number of rotatable bonds is 10. The van der Waals surface area contributed by atoms with Gasteiger partial charge in [-0.25, -0.2) is 0 Å². The summed E-state index contributed by atoms with van der Waals surface area (Å²) in [6.45, 7) is 1.27. The molecule has 0 radical (unpaired) electrons. The number of pyridine rings is 1. The first-order chi connectivity index (χ1) is 20.1. The van der Waals surface area contributed by atoms with Gasteiger partial charge in [-0.3, -0.25) is 14.7 Å². The van der Waals surface area contributed by atoms with Crippen molar-refractivity contribution >= 4 is 41.7 Å². The molecule has 4 unspecified atom stereocenters. The molecular weight excluding hydrogens is 583 g/mol. The van der Waals surface area contributed by atoms with Crippen LogP contribution in [0.5, 0.6) is 5.75 Å². The smallest absolute Gasteiger partial charge is 0.303 e. The highest BCUT2D eigenvalue weighted by atomic mass is 35.5. The van der Waals surface area contributed by atoms with Crippen molar-refractivity contribution in [3.63, 3.8) is 0 Å². The number of aliphatic carboxylic acids is 1. The lowest BCUT2D eigenvalue weighted by molar-refractivity contribution is -0.148. The number of nitrogens with zero attached hydrogens (tertiary/aromatic N) is 2. The number of ether oxygens (including phenoxy) is 2. The number of aryl methyl sites for hydroxylation is 1. The number of likely N-dealkylation sites (tertiary alicyclic amines) is 1. The van der Waals surface area contributed by atoms with Gasteiger partial charge in [0, 0.05) is 11.9 Å². The minimum Gasteiger partial charge on any atom is -0.488 e. The third kappa shape index (κ3) is 8.07. The van der Waals surface area contributed by atoms with E-state index in [2.05, 4.69) is 41.3 Å². The van der Waals surface area contributed by atoms with E-state index in [1.165, 1.54) is 5.56 Å². The van der Waals surface area contributed by atoms with E-state index >= 15 is 0 Å². The third-order valence-corrected chi connectivity index (χ3v) is 8.54. The second-order valence-electron chi connectivity index (χ2n) is 11.3. The SMILES string of the molecule is Cl.Cl.O=C(O)CC(Cc1ccccc1)C(C1CCc2ccccc2O1)N1CCCCC1OCc1ccc2ccccc2n1. The molecule has 0 spiro atoms. The number of carbonyl (C=O) groups is 1. The number of benzene rings is 3. The molecule has 1 fully saturated rings. The lowest BCUT2D eigenvalue weighted by atomic mass is 9.81. The Hall–Kier alpha value is -3.16. The molecule has 2 aliphatic rings. The van der Waals surface area contributed by atoms with Gasteiger partial charge in [0.1, 0.15) is 18.1 Å². The van der Waals surface area contributed by atoms with Gasteiger partial charge in [-0.1, -0.05) is 72.8 Å². The maximum Gasteiger partial charge on any atom is 0.303 e. The van der Waals surface area contributed by atoms with Crippen LogP contribution in [0, 0.1) is 5.92 Å². The first-order valence-electron chi connectivity index (χ1n) is 14.9. The summed E-state index contributed by atoms with van der Waals surface area (Å²) in [6.07, 6.45) is 5.31. The maximum atomic E-state index is 12.3. The van der Waals surface area contributed by atoms with Gasteiger partial charge < -0.3 is 14.6 Å². The van der Waals surface area contributed by atoms with Gasteiger partial charge in [0.2, 0.25) is 0 Å². The number of aromatic nitrogens is 1. The molecule has 8 heteroatoms. The van der Waals surface area contributed by atoms with Gasteiger partial charge in [-0.15, -0.1) is 24.8 Å². The predicted octanol–water partition coefficient (Wildman–Crippen LogP) is 7.50. The zero-order valence-corrected chi connectivity index (χ0v) is 25.8.